The largest absolute Gasteiger partial charge is 0.373 e. The van der Waals surface area contributed by atoms with Crippen molar-refractivity contribution in [3.05, 3.63) is 35.6 Å². The first-order chi connectivity index (χ1) is 6.27. The standard InChI is InChI=1S/C10H10FO2/c1-13-9(7-12)6-8-4-2-3-5-10(8)11/h2-5,9H,6H2,1H3. The van der Waals surface area contributed by atoms with Gasteiger partial charge in [0.2, 0.25) is 6.29 Å². The molecule has 1 aromatic rings. The molecule has 0 heterocycles. The molecule has 0 amide bonds. The minimum Gasteiger partial charge on any atom is -0.373 e. The van der Waals surface area contributed by atoms with Gasteiger partial charge in [-0.2, -0.15) is 0 Å². The summed E-state index contributed by atoms with van der Waals surface area (Å²) in [7, 11) is 1.40. The maximum absolute atomic E-state index is 13.0. The molecule has 0 fully saturated rings. The van der Waals surface area contributed by atoms with E-state index >= 15 is 0 Å². The van der Waals surface area contributed by atoms with Crippen LogP contribution < -0.4 is 0 Å². The zero-order valence-corrected chi connectivity index (χ0v) is 7.29. The second-order valence-corrected chi connectivity index (χ2v) is 2.64. The Balaban J connectivity index is 2.73. The second kappa shape index (κ2) is 4.72. The molecule has 0 bridgehead atoms. The van der Waals surface area contributed by atoms with Crippen LogP contribution in [-0.4, -0.2) is 19.5 Å². The van der Waals surface area contributed by atoms with E-state index in [1.54, 1.807) is 24.5 Å². The van der Waals surface area contributed by atoms with Gasteiger partial charge >= 0.3 is 0 Å². The summed E-state index contributed by atoms with van der Waals surface area (Å²) >= 11 is 0. The van der Waals surface area contributed by atoms with Gasteiger partial charge in [0.05, 0.1) is 0 Å². The molecule has 1 atom stereocenters. The molecule has 1 aromatic carbocycles. The third-order valence-corrected chi connectivity index (χ3v) is 1.78. The summed E-state index contributed by atoms with van der Waals surface area (Å²) in [5.41, 5.74) is 0.470. The molecule has 13 heavy (non-hydrogen) atoms. The summed E-state index contributed by atoms with van der Waals surface area (Å²) in [6, 6.07) is 6.30. The Morgan fingerprint density at radius 1 is 1.54 bits per heavy atom. The SMILES string of the molecule is COC([C]=O)Cc1ccccc1F. The van der Waals surface area contributed by atoms with Gasteiger partial charge in [0.1, 0.15) is 11.9 Å². The van der Waals surface area contributed by atoms with Crippen molar-refractivity contribution in [1.82, 2.24) is 0 Å². The highest BCUT2D eigenvalue weighted by Crippen LogP contribution is 2.09. The summed E-state index contributed by atoms with van der Waals surface area (Å²) < 4.78 is 17.8. The van der Waals surface area contributed by atoms with Gasteiger partial charge in [0, 0.05) is 13.5 Å². The maximum Gasteiger partial charge on any atom is 0.230 e. The average molecular weight is 181 g/mol. The Hall–Kier alpha value is -1.22. The number of methoxy groups -OCH3 is 1. The van der Waals surface area contributed by atoms with Gasteiger partial charge in [-0.25, -0.2) is 4.39 Å². The Kier molecular flexibility index (Phi) is 3.58. The van der Waals surface area contributed by atoms with E-state index in [1.807, 2.05) is 0 Å². The number of carbonyl (C=O) groups excluding carboxylic acids is 1. The fourth-order valence-electron chi connectivity index (χ4n) is 1.04. The molecular weight excluding hydrogens is 171 g/mol. The molecule has 3 heteroatoms. The summed E-state index contributed by atoms with van der Waals surface area (Å²) in [5.74, 6) is -0.320. The van der Waals surface area contributed by atoms with E-state index < -0.39 is 6.10 Å². The van der Waals surface area contributed by atoms with Crippen LogP contribution in [0.15, 0.2) is 24.3 Å². The van der Waals surface area contributed by atoms with Crippen LogP contribution in [0.1, 0.15) is 5.56 Å². The molecule has 0 saturated carbocycles. The van der Waals surface area contributed by atoms with Crippen LogP contribution in [0.5, 0.6) is 0 Å². The van der Waals surface area contributed by atoms with Gasteiger partial charge in [0.15, 0.2) is 0 Å². The topological polar surface area (TPSA) is 26.3 Å². The quantitative estimate of drug-likeness (QED) is 0.703. The van der Waals surface area contributed by atoms with E-state index in [2.05, 4.69) is 0 Å². The zero-order chi connectivity index (χ0) is 9.68. The molecule has 0 saturated heterocycles. The van der Waals surface area contributed by atoms with Crippen LogP contribution in [0, 0.1) is 5.82 Å². The smallest absolute Gasteiger partial charge is 0.230 e. The van der Waals surface area contributed by atoms with Crippen LogP contribution >= 0.6 is 0 Å². The summed E-state index contributed by atoms with van der Waals surface area (Å²) in [6.45, 7) is 0. The molecular formula is C10H10FO2. The van der Waals surface area contributed by atoms with E-state index in [9.17, 15) is 9.18 Å². The lowest BCUT2D eigenvalue weighted by Gasteiger charge is -2.07. The van der Waals surface area contributed by atoms with Gasteiger partial charge < -0.3 is 4.74 Å². The minimum atomic E-state index is -0.683. The molecule has 0 aliphatic rings. The zero-order valence-electron chi connectivity index (χ0n) is 7.29. The lowest BCUT2D eigenvalue weighted by atomic mass is 10.1. The van der Waals surface area contributed by atoms with Gasteiger partial charge in [0.25, 0.3) is 0 Å². The van der Waals surface area contributed by atoms with Crippen LogP contribution in [0.4, 0.5) is 4.39 Å². The van der Waals surface area contributed by atoms with Gasteiger partial charge in [-0.3, -0.25) is 4.79 Å². The Morgan fingerprint density at radius 2 is 2.23 bits per heavy atom. The number of hydrogen-bond donors (Lipinski definition) is 0. The molecule has 2 nitrogen and oxygen atoms in total. The fourth-order valence-corrected chi connectivity index (χ4v) is 1.04. The molecule has 0 aromatic heterocycles. The molecule has 0 spiro atoms. The van der Waals surface area contributed by atoms with E-state index in [0.29, 0.717) is 5.56 Å². The summed E-state index contributed by atoms with van der Waals surface area (Å²) in [5, 5.41) is 0. The Bertz CT molecular complexity index is 286. The first-order valence-corrected chi connectivity index (χ1v) is 3.91. The number of rotatable bonds is 4. The normalized spacial score (nSPS) is 12.5. The first kappa shape index (κ1) is 9.86. The fraction of sp³-hybridized carbons (Fsp3) is 0.300. The van der Waals surface area contributed by atoms with Crippen molar-refractivity contribution < 1.29 is 13.9 Å². The molecule has 0 aliphatic heterocycles. The van der Waals surface area contributed by atoms with Crippen LogP contribution in [0.25, 0.3) is 0 Å². The van der Waals surface area contributed by atoms with Crippen LogP contribution in [0.3, 0.4) is 0 Å². The molecule has 0 N–H and O–H groups in total. The van der Waals surface area contributed by atoms with Crippen LogP contribution in [0.2, 0.25) is 0 Å². The minimum absolute atomic E-state index is 0.229. The molecule has 1 rings (SSSR count). The van der Waals surface area contributed by atoms with Gasteiger partial charge in [-0.05, 0) is 11.6 Å². The van der Waals surface area contributed by atoms with E-state index in [-0.39, 0.29) is 12.2 Å². The van der Waals surface area contributed by atoms with Crippen molar-refractivity contribution in [2.24, 2.45) is 0 Å². The molecule has 69 valence electrons. The predicted molar refractivity (Wildman–Crippen MR) is 46.6 cm³/mol. The molecule has 0 aliphatic carbocycles. The van der Waals surface area contributed by atoms with E-state index in [0.717, 1.165) is 0 Å². The maximum atomic E-state index is 13.0. The van der Waals surface area contributed by atoms with E-state index in [1.165, 1.54) is 13.2 Å². The highest BCUT2D eigenvalue weighted by molar-refractivity contribution is 5.57. The van der Waals surface area contributed by atoms with Crippen molar-refractivity contribution in [2.45, 2.75) is 12.5 Å². The lowest BCUT2D eigenvalue weighted by molar-refractivity contribution is 0.151. The Morgan fingerprint density at radius 3 is 2.77 bits per heavy atom. The third-order valence-electron chi connectivity index (χ3n) is 1.78. The summed E-state index contributed by atoms with van der Waals surface area (Å²) in [6.07, 6.45) is 1.23. The number of halogens is 1. The lowest BCUT2D eigenvalue weighted by Crippen LogP contribution is -2.15. The van der Waals surface area contributed by atoms with Crippen molar-refractivity contribution >= 4 is 6.29 Å². The van der Waals surface area contributed by atoms with Crippen molar-refractivity contribution in [2.75, 3.05) is 7.11 Å². The number of ether oxygens (including phenoxy) is 1. The second-order valence-electron chi connectivity index (χ2n) is 2.64. The molecule has 1 radical (unpaired) electrons. The summed E-state index contributed by atoms with van der Waals surface area (Å²) in [4.78, 5) is 10.3. The van der Waals surface area contributed by atoms with Crippen molar-refractivity contribution in [3.63, 3.8) is 0 Å². The molecule has 1 unspecified atom stereocenters. The number of hydrogen-bond acceptors (Lipinski definition) is 2. The van der Waals surface area contributed by atoms with Crippen molar-refractivity contribution in [1.29, 1.82) is 0 Å². The van der Waals surface area contributed by atoms with Crippen LogP contribution in [-0.2, 0) is 16.0 Å². The monoisotopic (exact) mass is 181 g/mol. The van der Waals surface area contributed by atoms with E-state index in [4.69, 9.17) is 4.74 Å². The highest BCUT2D eigenvalue weighted by Gasteiger charge is 2.10. The first-order valence-electron chi connectivity index (χ1n) is 3.91. The Labute approximate surface area is 76.3 Å². The predicted octanol–water partition coefficient (Wildman–Crippen LogP) is 1.49. The van der Waals surface area contributed by atoms with Crippen molar-refractivity contribution in [3.8, 4) is 0 Å². The average Bonchev–Trinajstić information content (AvgIpc) is 2.17. The van der Waals surface area contributed by atoms with Gasteiger partial charge in [-0.15, -0.1) is 0 Å². The number of benzene rings is 1. The highest BCUT2D eigenvalue weighted by atomic mass is 19.1. The van der Waals surface area contributed by atoms with Gasteiger partial charge in [-0.1, -0.05) is 18.2 Å². The third kappa shape index (κ3) is 2.63.